The number of rotatable bonds is 11. The lowest BCUT2D eigenvalue weighted by Gasteiger charge is -2.43. The highest BCUT2D eigenvalue weighted by Crippen LogP contribution is 2.43. The van der Waals surface area contributed by atoms with Crippen molar-refractivity contribution < 1.29 is 19.4 Å². The third kappa shape index (κ3) is 7.37. The number of nitrogens with zero attached hydrogens (tertiary/aromatic N) is 1. The topological polar surface area (TPSA) is 71.0 Å². The van der Waals surface area contributed by atoms with Crippen molar-refractivity contribution in [3.05, 3.63) is 108 Å². The molecule has 222 valence electrons. The van der Waals surface area contributed by atoms with E-state index in [1.165, 1.54) is 32.6 Å². The van der Waals surface area contributed by atoms with E-state index >= 15 is 0 Å². The molecule has 0 radical (unpaired) electrons. The van der Waals surface area contributed by atoms with Crippen LogP contribution in [0.25, 0.3) is 11.1 Å². The van der Waals surface area contributed by atoms with E-state index in [4.69, 9.17) is 9.47 Å². The normalized spacial score (nSPS) is 22.8. The molecule has 0 bridgehead atoms. The summed E-state index contributed by atoms with van der Waals surface area (Å²) in [7, 11) is 0. The highest BCUT2D eigenvalue weighted by atomic mass is 16.7. The van der Waals surface area contributed by atoms with Crippen molar-refractivity contribution >= 4 is 5.91 Å². The summed E-state index contributed by atoms with van der Waals surface area (Å²) in [5.41, 5.74) is 6.16. The van der Waals surface area contributed by atoms with E-state index in [2.05, 4.69) is 72.3 Å². The summed E-state index contributed by atoms with van der Waals surface area (Å²) < 4.78 is 13.6. The minimum Gasteiger partial charge on any atom is -0.392 e. The van der Waals surface area contributed by atoms with Crippen LogP contribution in [0.15, 0.2) is 85.5 Å². The Hall–Kier alpha value is -3.29. The van der Waals surface area contributed by atoms with E-state index in [0.717, 1.165) is 46.5 Å². The lowest BCUT2D eigenvalue weighted by molar-refractivity contribution is -0.276. The predicted octanol–water partition coefficient (Wildman–Crippen LogP) is 6.70. The summed E-state index contributed by atoms with van der Waals surface area (Å²) in [5.74, 6) is 0.0847. The van der Waals surface area contributed by atoms with Crippen molar-refractivity contribution in [1.29, 1.82) is 0 Å². The van der Waals surface area contributed by atoms with Crippen molar-refractivity contribution in [3.63, 3.8) is 0 Å². The van der Waals surface area contributed by atoms with Crippen LogP contribution in [0, 0.1) is 5.92 Å². The molecule has 6 heteroatoms. The van der Waals surface area contributed by atoms with Crippen LogP contribution in [0.3, 0.4) is 0 Å². The molecule has 4 atom stereocenters. The Morgan fingerprint density at radius 1 is 0.976 bits per heavy atom. The lowest BCUT2D eigenvalue weighted by atomic mass is 9.89. The predicted molar refractivity (Wildman–Crippen MR) is 166 cm³/mol. The third-order valence-corrected chi connectivity index (χ3v) is 8.70. The quantitative estimate of drug-likeness (QED) is 0.252. The molecule has 2 N–H and O–H groups in total. The Labute approximate surface area is 250 Å². The van der Waals surface area contributed by atoms with Crippen LogP contribution in [0.4, 0.5) is 0 Å². The summed E-state index contributed by atoms with van der Waals surface area (Å²) in [4.78, 5) is 14.0. The van der Waals surface area contributed by atoms with E-state index in [1.54, 1.807) is 0 Å². The molecule has 1 heterocycles. The number of hydrogen-bond acceptors (Lipinski definition) is 5. The highest BCUT2D eigenvalue weighted by Gasteiger charge is 2.40. The van der Waals surface area contributed by atoms with Crippen molar-refractivity contribution in [3.8, 4) is 11.1 Å². The number of aliphatic hydroxyl groups is 1. The van der Waals surface area contributed by atoms with Gasteiger partial charge in [0.25, 0.3) is 0 Å². The Bertz CT molecular complexity index is 1330. The zero-order valence-corrected chi connectivity index (χ0v) is 24.9. The smallest absolute Gasteiger partial charge is 0.217 e. The van der Waals surface area contributed by atoms with Crippen molar-refractivity contribution in [2.75, 3.05) is 13.1 Å². The van der Waals surface area contributed by atoms with Gasteiger partial charge >= 0.3 is 0 Å². The second kappa shape index (κ2) is 14.3. The van der Waals surface area contributed by atoms with Gasteiger partial charge in [0.15, 0.2) is 6.29 Å². The Morgan fingerprint density at radius 2 is 1.69 bits per heavy atom. The minimum atomic E-state index is -0.523. The molecule has 0 spiro atoms. The molecular formula is C36H44N2O4. The molecule has 0 unspecified atom stereocenters. The maximum absolute atomic E-state index is 11.4. The first-order chi connectivity index (χ1) is 20.4. The number of ether oxygens (including phenoxy) is 2. The molecule has 42 heavy (non-hydrogen) atoms. The van der Waals surface area contributed by atoms with Gasteiger partial charge in [0.05, 0.1) is 18.8 Å². The van der Waals surface area contributed by atoms with Crippen LogP contribution < -0.4 is 5.32 Å². The van der Waals surface area contributed by atoms with E-state index in [1.807, 2.05) is 30.3 Å². The van der Waals surface area contributed by atoms with E-state index in [9.17, 15) is 9.90 Å². The van der Waals surface area contributed by atoms with Crippen molar-refractivity contribution in [1.82, 2.24) is 10.2 Å². The zero-order chi connectivity index (χ0) is 29.5. The average Bonchev–Trinajstić information content (AvgIpc) is 3.56. The van der Waals surface area contributed by atoms with Crippen LogP contribution in [0.2, 0.25) is 0 Å². The van der Waals surface area contributed by atoms with Crippen LogP contribution in [-0.2, 0) is 27.4 Å². The maximum Gasteiger partial charge on any atom is 0.217 e. The summed E-state index contributed by atoms with van der Waals surface area (Å²) in [6.07, 6.45) is 6.32. The molecule has 3 aromatic rings. The van der Waals surface area contributed by atoms with Crippen LogP contribution in [0.1, 0.15) is 74.2 Å². The number of nitrogens with one attached hydrogen (secondary N) is 1. The van der Waals surface area contributed by atoms with Gasteiger partial charge in [-0.2, -0.15) is 0 Å². The second-order valence-electron chi connectivity index (χ2n) is 11.7. The third-order valence-electron chi connectivity index (χ3n) is 8.70. The maximum atomic E-state index is 11.4. The standard InChI is InChI=1S/C36H44N2O4/c1-4-19-38(33-13-5-6-14-33)23-34-25(2)35(29-17-15-27(24-39)16-18-29)42-36(41-34)32-12-8-11-31(21-32)30-10-7-9-28(20-30)22-37-26(3)40/h4,7-12,15-18,20-21,25,33-36,39H,1,5-6,13-14,19,22-24H2,2-3H3,(H,37,40)/t25-,34+,35+,36+/m1/s1. The first-order valence-corrected chi connectivity index (χ1v) is 15.2. The summed E-state index contributed by atoms with van der Waals surface area (Å²) in [6.45, 7) is 9.99. The Balaban J connectivity index is 1.43. The second-order valence-corrected chi connectivity index (χ2v) is 11.7. The van der Waals surface area contributed by atoms with E-state index in [-0.39, 0.29) is 30.6 Å². The summed E-state index contributed by atoms with van der Waals surface area (Å²) in [6, 6.07) is 25.3. The molecule has 1 amide bonds. The molecule has 1 saturated heterocycles. The van der Waals surface area contributed by atoms with Crippen LogP contribution in [-0.4, -0.2) is 41.1 Å². The monoisotopic (exact) mass is 568 g/mol. The van der Waals surface area contributed by atoms with Crippen molar-refractivity contribution in [2.45, 2.75) is 77.2 Å². The van der Waals surface area contributed by atoms with Gasteiger partial charge in [0.1, 0.15) is 0 Å². The molecule has 2 fully saturated rings. The number of hydrogen-bond donors (Lipinski definition) is 2. The number of aliphatic hydroxyl groups excluding tert-OH is 1. The Morgan fingerprint density at radius 3 is 2.38 bits per heavy atom. The van der Waals surface area contributed by atoms with Gasteiger partial charge in [-0.1, -0.05) is 86.5 Å². The summed E-state index contributed by atoms with van der Waals surface area (Å²) >= 11 is 0. The van der Waals surface area contributed by atoms with Gasteiger partial charge in [-0.3, -0.25) is 9.69 Å². The van der Waals surface area contributed by atoms with Gasteiger partial charge < -0.3 is 19.9 Å². The van der Waals surface area contributed by atoms with Crippen LogP contribution in [0.5, 0.6) is 0 Å². The highest BCUT2D eigenvalue weighted by molar-refractivity contribution is 5.73. The van der Waals surface area contributed by atoms with E-state index < -0.39 is 6.29 Å². The SMILES string of the molecule is C=CCN(C[C@@H]1O[C@H](c2cccc(-c3cccc(CNC(C)=O)c3)c2)O[C@H](c2ccc(CO)cc2)[C@@H]1C)C1CCCC1. The molecule has 1 saturated carbocycles. The Kier molecular flexibility index (Phi) is 10.2. The molecule has 1 aliphatic carbocycles. The van der Waals surface area contributed by atoms with Crippen LogP contribution >= 0.6 is 0 Å². The van der Waals surface area contributed by atoms with Crippen molar-refractivity contribution in [2.24, 2.45) is 5.92 Å². The fourth-order valence-electron chi connectivity index (χ4n) is 6.32. The van der Waals surface area contributed by atoms with Gasteiger partial charge in [-0.25, -0.2) is 0 Å². The first kappa shape index (κ1) is 30.2. The number of carbonyl (C=O) groups is 1. The largest absolute Gasteiger partial charge is 0.392 e. The number of carbonyl (C=O) groups excluding carboxylic acids is 1. The lowest BCUT2D eigenvalue weighted by Crippen LogP contribution is -2.47. The van der Waals surface area contributed by atoms with Gasteiger partial charge in [-0.05, 0) is 52.8 Å². The minimum absolute atomic E-state index is 0.0203. The van der Waals surface area contributed by atoms with Gasteiger partial charge in [-0.15, -0.1) is 6.58 Å². The van der Waals surface area contributed by atoms with Gasteiger partial charge in [0.2, 0.25) is 5.91 Å². The molecule has 2 aliphatic rings. The fraction of sp³-hybridized carbons (Fsp3) is 0.417. The molecule has 5 rings (SSSR count). The van der Waals surface area contributed by atoms with E-state index in [0.29, 0.717) is 12.6 Å². The number of amides is 1. The molecule has 3 aromatic carbocycles. The summed E-state index contributed by atoms with van der Waals surface area (Å²) in [5, 5.41) is 12.5. The molecule has 0 aromatic heterocycles. The average molecular weight is 569 g/mol. The fourth-order valence-corrected chi connectivity index (χ4v) is 6.32. The molecule has 6 nitrogen and oxygen atoms in total. The zero-order valence-electron chi connectivity index (χ0n) is 24.9. The molecule has 1 aliphatic heterocycles. The molecular weight excluding hydrogens is 524 g/mol. The first-order valence-electron chi connectivity index (χ1n) is 15.2. The number of benzene rings is 3. The van der Waals surface area contributed by atoms with Gasteiger partial charge in [0, 0.05) is 44.1 Å².